The summed E-state index contributed by atoms with van der Waals surface area (Å²) in [4.78, 5) is 35.9. The molecule has 82 valence electrons. The van der Waals surface area contributed by atoms with Gasteiger partial charge in [-0.25, -0.2) is 0 Å². The summed E-state index contributed by atoms with van der Waals surface area (Å²) in [5, 5.41) is 30.9. The van der Waals surface area contributed by atoms with Crippen LogP contribution in [0.15, 0.2) is 0 Å². The van der Waals surface area contributed by atoms with Crippen LogP contribution in [0.4, 0.5) is 0 Å². The van der Waals surface area contributed by atoms with Crippen molar-refractivity contribution in [3.05, 3.63) is 0 Å². The third kappa shape index (κ3) is 101. The van der Waals surface area contributed by atoms with Gasteiger partial charge in [0.1, 0.15) is 0 Å². The molecular weight excluding hydrogens is 223 g/mol. The van der Waals surface area contributed by atoms with E-state index < -0.39 is 18.4 Å². The Kier molecular flexibility index (Phi) is 36.3. The zero-order chi connectivity index (χ0) is 12.0. The summed E-state index contributed by atoms with van der Waals surface area (Å²) in [6.07, 6.45) is -0.593. The summed E-state index contributed by atoms with van der Waals surface area (Å²) in [6, 6.07) is 0. The van der Waals surface area contributed by atoms with Crippen molar-refractivity contribution < 1.29 is 69.2 Å². The molecule has 15 heavy (non-hydrogen) atoms. The summed E-state index contributed by atoms with van der Waals surface area (Å²) < 4.78 is 0. The molecule has 0 fully saturated rings. The van der Waals surface area contributed by atoms with E-state index in [1.165, 1.54) is 0 Å². The number of aliphatic carboxylic acids is 2. The summed E-state index contributed by atoms with van der Waals surface area (Å²) in [6.45, 7) is -0.750. The molecule has 0 aromatic heterocycles. The number of rotatable bonds is 3. The van der Waals surface area contributed by atoms with E-state index in [0.717, 1.165) is 0 Å². The van der Waals surface area contributed by atoms with Crippen LogP contribution in [0, 0.1) is 0 Å². The molecule has 0 unspecified atom stereocenters. The van der Waals surface area contributed by atoms with E-state index in [-0.39, 0.29) is 48.9 Å². The van der Waals surface area contributed by atoms with Gasteiger partial charge < -0.3 is 25.2 Å². The molecule has 0 aromatic rings. The summed E-state index contributed by atoms with van der Waals surface area (Å²) >= 11 is 0. The Hall–Kier alpha value is -1.12. The average molecular weight is 232 g/mol. The Morgan fingerprint density at radius 1 is 1.07 bits per heavy atom. The summed E-state index contributed by atoms with van der Waals surface area (Å²) in [5.74, 6) is -2.15. The monoisotopic (exact) mass is 232 g/mol. The Bertz CT molecular complexity index is 160. The number of carboxylic acid groups (broad SMARTS) is 4. The van der Waals surface area contributed by atoms with Gasteiger partial charge in [-0.2, -0.15) is 0 Å². The van der Waals surface area contributed by atoms with Crippen molar-refractivity contribution in [2.45, 2.75) is 12.8 Å². The number of hydrogen-bond donors (Lipinski definition) is 3. The fraction of sp³-hybridized carbons (Fsp3) is 0.333. The fourth-order valence-electron chi connectivity index (χ4n) is 0.214. The second-order valence-electron chi connectivity index (χ2n) is 1.49. The largest absolute Gasteiger partial charge is 1.00 e. The topological polar surface area (TPSA) is 152 Å². The Labute approximate surface area is 107 Å². The minimum Gasteiger partial charge on any atom is -0.554 e. The van der Waals surface area contributed by atoms with Crippen LogP contribution in [0.1, 0.15) is 12.8 Å². The van der Waals surface area contributed by atoms with Gasteiger partial charge >= 0.3 is 41.5 Å². The van der Waals surface area contributed by atoms with Gasteiger partial charge in [-0.3, -0.25) is 14.4 Å². The van der Waals surface area contributed by atoms with Crippen LogP contribution in [0.25, 0.3) is 0 Å². The predicted octanol–water partition coefficient (Wildman–Crippen LogP) is -4.99. The van der Waals surface area contributed by atoms with Gasteiger partial charge in [0.15, 0.2) is 0 Å². The molecule has 8 nitrogen and oxygen atoms in total. The normalized spacial score (nSPS) is 6.13. The molecule has 0 amide bonds. The minimum absolute atomic E-state index is 0. The molecular formula is C6H9NaO8. The average Bonchev–Trinajstić information content (AvgIpc) is 2.04. The van der Waals surface area contributed by atoms with E-state index in [4.69, 9.17) is 30.0 Å². The molecule has 0 saturated heterocycles. The first-order valence-corrected chi connectivity index (χ1v) is 3.03. The summed E-state index contributed by atoms with van der Waals surface area (Å²) in [7, 11) is 0. The van der Waals surface area contributed by atoms with Crippen molar-refractivity contribution in [1.82, 2.24) is 0 Å². The van der Waals surface area contributed by atoms with Crippen LogP contribution in [-0.4, -0.2) is 40.2 Å². The van der Waals surface area contributed by atoms with E-state index in [1.807, 2.05) is 0 Å². The maximum absolute atomic E-state index is 9.64. The van der Waals surface area contributed by atoms with Gasteiger partial charge in [0.25, 0.3) is 6.47 Å². The van der Waals surface area contributed by atoms with E-state index in [2.05, 4.69) is 0 Å². The molecule has 0 aliphatic rings. The van der Waals surface area contributed by atoms with Crippen LogP contribution in [0.5, 0.6) is 0 Å². The Balaban J connectivity index is -0.0000000733. The van der Waals surface area contributed by atoms with Gasteiger partial charge in [-0.05, 0) is 0 Å². The van der Waals surface area contributed by atoms with Gasteiger partial charge in [0, 0.05) is 6.47 Å². The first-order valence-electron chi connectivity index (χ1n) is 3.03. The van der Waals surface area contributed by atoms with Gasteiger partial charge in [0.2, 0.25) is 0 Å². The molecule has 0 bridgehead atoms. The number of carboxylic acids is 2. The van der Waals surface area contributed by atoms with Crippen molar-refractivity contribution in [2.24, 2.45) is 0 Å². The Morgan fingerprint density at radius 3 is 1.27 bits per heavy atom. The molecule has 0 saturated carbocycles. The molecule has 0 spiro atoms. The third-order valence-electron chi connectivity index (χ3n) is 0.553. The van der Waals surface area contributed by atoms with Gasteiger partial charge in [-0.15, -0.1) is 0 Å². The van der Waals surface area contributed by atoms with Gasteiger partial charge in [-0.1, -0.05) is 0 Å². The number of hydrogen-bond acceptors (Lipinski definition) is 5. The maximum Gasteiger partial charge on any atom is 1.00 e. The maximum atomic E-state index is 9.64. The van der Waals surface area contributed by atoms with Gasteiger partial charge in [0.05, 0.1) is 12.8 Å². The van der Waals surface area contributed by atoms with Crippen LogP contribution in [0.3, 0.4) is 0 Å². The number of carbonyl (C=O) groups excluding carboxylic acids is 1. The molecule has 0 atom stereocenters. The third-order valence-corrected chi connectivity index (χ3v) is 0.553. The van der Waals surface area contributed by atoms with Crippen molar-refractivity contribution in [2.75, 3.05) is 0 Å². The molecule has 9 heteroatoms. The van der Waals surface area contributed by atoms with E-state index in [9.17, 15) is 9.59 Å². The first kappa shape index (κ1) is 23.6. The van der Waals surface area contributed by atoms with Crippen molar-refractivity contribution in [3.63, 3.8) is 0 Å². The number of carbonyl (C=O) groups is 4. The van der Waals surface area contributed by atoms with Crippen molar-refractivity contribution in [1.29, 1.82) is 0 Å². The summed E-state index contributed by atoms with van der Waals surface area (Å²) in [5.41, 5.74) is 0. The van der Waals surface area contributed by atoms with E-state index >= 15 is 0 Å². The standard InChI is InChI=1S/C4H6O4.2CH2O2.Na/c5-3(6)1-2-4(7)8;2*2-1-3;/h1-2H2,(H,5,6)(H,7,8);2*1H,(H,2,3);/q;;;+1/p-1. The van der Waals surface area contributed by atoms with Crippen LogP contribution < -0.4 is 34.7 Å². The molecule has 0 rings (SSSR count). The smallest absolute Gasteiger partial charge is 0.554 e. The second kappa shape index (κ2) is 23.1. The molecule has 0 aliphatic carbocycles. The zero-order valence-corrected chi connectivity index (χ0v) is 9.95. The zero-order valence-electron chi connectivity index (χ0n) is 7.95. The molecule has 0 radical (unpaired) electrons. The van der Waals surface area contributed by atoms with Crippen molar-refractivity contribution in [3.8, 4) is 0 Å². The minimum atomic E-state index is -1.08. The van der Waals surface area contributed by atoms with Crippen molar-refractivity contribution >= 4 is 24.9 Å². The van der Waals surface area contributed by atoms with E-state index in [0.29, 0.717) is 0 Å². The molecule has 0 aliphatic heterocycles. The molecule has 0 aromatic carbocycles. The fourth-order valence-corrected chi connectivity index (χ4v) is 0.214. The molecule has 3 N–H and O–H groups in total. The van der Waals surface area contributed by atoms with Crippen LogP contribution in [0.2, 0.25) is 0 Å². The predicted molar refractivity (Wildman–Crippen MR) is 39.3 cm³/mol. The quantitative estimate of drug-likeness (QED) is 0.323. The first-order chi connectivity index (χ1) is 6.45. The Morgan fingerprint density at radius 2 is 1.20 bits per heavy atom. The molecule has 0 heterocycles. The second-order valence-corrected chi connectivity index (χ2v) is 1.49. The van der Waals surface area contributed by atoms with Crippen LogP contribution >= 0.6 is 0 Å². The van der Waals surface area contributed by atoms with E-state index in [1.54, 1.807) is 0 Å². The van der Waals surface area contributed by atoms with Crippen LogP contribution in [-0.2, 0) is 19.2 Å². The SMILES string of the molecule is O=C(O)CCC(=O)O.O=CO.O=C[O-].[Na+].